The molecule has 0 N–H and O–H groups in total. The number of aromatic nitrogens is 2. The second-order valence-corrected chi connectivity index (χ2v) is 4.45. The van der Waals surface area contributed by atoms with E-state index in [4.69, 9.17) is 4.74 Å². The molecule has 1 atom stereocenters. The summed E-state index contributed by atoms with van der Waals surface area (Å²) in [6.45, 7) is 0.287. The van der Waals surface area contributed by atoms with Crippen molar-refractivity contribution in [1.82, 2.24) is 9.97 Å². The quantitative estimate of drug-likeness (QED) is 0.603. The van der Waals surface area contributed by atoms with Crippen molar-refractivity contribution in [3.05, 3.63) is 18.0 Å². The van der Waals surface area contributed by atoms with Crippen LogP contribution in [0.3, 0.4) is 0 Å². The van der Waals surface area contributed by atoms with Gasteiger partial charge in [0.25, 0.3) is 0 Å². The SMILES string of the molecule is O=C1OCC[C@H]1Sc1nccc(C(F)(F)F)n1. The van der Waals surface area contributed by atoms with E-state index in [0.29, 0.717) is 6.42 Å². The first-order chi connectivity index (χ1) is 7.97. The van der Waals surface area contributed by atoms with Crippen LogP contribution in [0.15, 0.2) is 17.4 Å². The number of hydrogen-bond donors (Lipinski definition) is 0. The highest BCUT2D eigenvalue weighted by atomic mass is 32.2. The molecular formula is C9H7F3N2O2S. The van der Waals surface area contributed by atoms with Gasteiger partial charge in [-0.3, -0.25) is 4.79 Å². The topological polar surface area (TPSA) is 52.1 Å². The molecule has 0 spiro atoms. The lowest BCUT2D eigenvalue weighted by Crippen LogP contribution is -2.12. The Balaban J connectivity index is 2.14. The van der Waals surface area contributed by atoms with Crippen molar-refractivity contribution in [2.24, 2.45) is 0 Å². The third-order valence-corrected chi connectivity index (χ3v) is 3.18. The maximum absolute atomic E-state index is 12.4. The summed E-state index contributed by atoms with van der Waals surface area (Å²) < 4.78 is 41.8. The van der Waals surface area contributed by atoms with E-state index in [1.165, 1.54) is 0 Å². The van der Waals surface area contributed by atoms with Crippen LogP contribution in [0.2, 0.25) is 0 Å². The van der Waals surface area contributed by atoms with E-state index in [-0.39, 0.29) is 11.8 Å². The smallest absolute Gasteiger partial charge is 0.433 e. The van der Waals surface area contributed by atoms with Crippen LogP contribution in [0.5, 0.6) is 0 Å². The van der Waals surface area contributed by atoms with Gasteiger partial charge in [0.05, 0.1) is 6.61 Å². The fourth-order valence-corrected chi connectivity index (χ4v) is 2.17. The van der Waals surface area contributed by atoms with Crippen molar-refractivity contribution in [2.45, 2.75) is 23.0 Å². The Labute approximate surface area is 98.6 Å². The third kappa shape index (κ3) is 2.87. The van der Waals surface area contributed by atoms with Crippen LogP contribution in [0.1, 0.15) is 12.1 Å². The summed E-state index contributed by atoms with van der Waals surface area (Å²) in [5.74, 6) is -0.434. The lowest BCUT2D eigenvalue weighted by molar-refractivity contribution is -0.141. The summed E-state index contributed by atoms with van der Waals surface area (Å²) in [5.41, 5.74) is -1.01. The van der Waals surface area contributed by atoms with Crippen molar-refractivity contribution >= 4 is 17.7 Å². The molecule has 0 unspecified atom stereocenters. The highest BCUT2D eigenvalue weighted by Crippen LogP contribution is 2.31. The zero-order valence-corrected chi connectivity index (χ0v) is 9.22. The number of ether oxygens (including phenoxy) is 1. The zero-order valence-electron chi connectivity index (χ0n) is 8.40. The van der Waals surface area contributed by atoms with E-state index in [9.17, 15) is 18.0 Å². The molecule has 1 aliphatic heterocycles. The van der Waals surface area contributed by atoms with Gasteiger partial charge in [-0.15, -0.1) is 0 Å². The molecular weight excluding hydrogens is 257 g/mol. The first-order valence-electron chi connectivity index (χ1n) is 4.70. The van der Waals surface area contributed by atoms with Crippen LogP contribution in [-0.2, 0) is 15.7 Å². The predicted molar refractivity (Wildman–Crippen MR) is 52.3 cm³/mol. The van der Waals surface area contributed by atoms with Crippen molar-refractivity contribution in [3.63, 3.8) is 0 Å². The predicted octanol–water partition coefficient (Wildman–Crippen LogP) is 1.90. The minimum atomic E-state index is -4.51. The molecule has 4 nitrogen and oxygen atoms in total. The number of halogens is 3. The van der Waals surface area contributed by atoms with E-state index < -0.39 is 23.1 Å². The van der Waals surface area contributed by atoms with Crippen molar-refractivity contribution in [2.75, 3.05) is 6.61 Å². The number of alkyl halides is 3. The molecule has 92 valence electrons. The van der Waals surface area contributed by atoms with Crippen LogP contribution < -0.4 is 0 Å². The number of carbonyl (C=O) groups excluding carboxylic acids is 1. The Hall–Kier alpha value is -1.31. The number of carbonyl (C=O) groups is 1. The summed E-state index contributed by atoms with van der Waals surface area (Å²) in [7, 11) is 0. The van der Waals surface area contributed by atoms with Gasteiger partial charge in [0.2, 0.25) is 0 Å². The Morgan fingerprint density at radius 3 is 2.82 bits per heavy atom. The molecule has 17 heavy (non-hydrogen) atoms. The highest BCUT2D eigenvalue weighted by molar-refractivity contribution is 8.00. The largest absolute Gasteiger partial charge is 0.465 e. The highest BCUT2D eigenvalue weighted by Gasteiger charge is 2.34. The van der Waals surface area contributed by atoms with Crippen molar-refractivity contribution < 1.29 is 22.7 Å². The molecule has 0 amide bonds. The summed E-state index contributed by atoms with van der Waals surface area (Å²) in [4.78, 5) is 18.2. The number of thioether (sulfide) groups is 1. The van der Waals surface area contributed by atoms with E-state index in [1.807, 2.05) is 0 Å². The molecule has 0 saturated carbocycles. The third-order valence-electron chi connectivity index (χ3n) is 2.06. The lowest BCUT2D eigenvalue weighted by Gasteiger charge is -2.07. The van der Waals surface area contributed by atoms with Gasteiger partial charge in [0.15, 0.2) is 5.16 Å². The number of rotatable bonds is 2. The van der Waals surface area contributed by atoms with Gasteiger partial charge in [-0.2, -0.15) is 13.2 Å². The van der Waals surface area contributed by atoms with Crippen molar-refractivity contribution in [3.8, 4) is 0 Å². The van der Waals surface area contributed by atoms with Crippen LogP contribution in [-0.4, -0.2) is 27.8 Å². The Morgan fingerprint density at radius 1 is 1.47 bits per heavy atom. The summed E-state index contributed by atoms with van der Waals surface area (Å²) in [6.07, 6.45) is -3.02. The van der Waals surface area contributed by atoms with E-state index in [1.54, 1.807) is 0 Å². The number of nitrogens with zero attached hydrogens (tertiary/aromatic N) is 2. The number of hydrogen-bond acceptors (Lipinski definition) is 5. The summed E-state index contributed by atoms with van der Waals surface area (Å²) >= 11 is 0.893. The average molecular weight is 264 g/mol. The molecule has 2 heterocycles. The van der Waals surface area contributed by atoms with Gasteiger partial charge in [-0.25, -0.2) is 9.97 Å². The molecule has 1 fully saturated rings. The van der Waals surface area contributed by atoms with Crippen molar-refractivity contribution in [1.29, 1.82) is 0 Å². The first-order valence-corrected chi connectivity index (χ1v) is 5.58. The van der Waals surface area contributed by atoms with Crippen LogP contribution in [0.4, 0.5) is 13.2 Å². The molecule has 1 saturated heterocycles. The van der Waals surface area contributed by atoms with E-state index in [2.05, 4.69) is 9.97 Å². The molecule has 2 rings (SSSR count). The Kier molecular flexibility index (Phi) is 3.23. The first kappa shape index (κ1) is 12.2. The molecule has 8 heteroatoms. The molecule has 0 aliphatic carbocycles. The molecule has 1 aromatic heterocycles. The number of esters is 1. The fourth-order valence-electron chi connectivity index (χ4n) is 1.27. The fraction of sp³-hybridized carbons (Fsp3) is 0.444. The van der Waals surface area contributed by atoms with Crippen LogP contribution >= 0.6 is 11.8 Å². The second kappa shape index (κ2) is 4.52. The Morgan fingerprint density at radius 2 is 2.24 bits per heavy atom. The van der Waals surface area contributed by atoms with Gasteiger partial charge in [0, 0.05) is 12.6 Å². The van der Waals surface area contributed by atoms with Gasteiger partial charge in [0.1, 0.15) is 10.9 Å². The average Bonchev–Trinajstić information content (AvgIpc) is 2.64. The maximum atomic E-state index is 12.4. The summed E-state index contributed by atoms with van der Waals surface area (Å²) in [5, 5.41) is -0.581. The molecule has 1 aliphatic rings. The van der Waals surface area contributed by atoms with Gasteiger partial charge in [-0.05, 0) is 6.07 Å². The van der Waals surface area contributed by atoms with Gasteiger partial charge >= 0.3 is 12.1 Å². The molecule has 0 bridgehead atoms. The van der Waals surface area contributed by atoms with Crippen LogP contribution in [0, 0.1) is 0 Å². The zero-order chi connectivity index (χ0) is 12.5. The summed E-state index contributed by atoms with van der Waals surface area (Å²) in [6, 6.07) is 0.789. The van der Waals surface area contributed by atoms with Crippen LogP contribution in [0.25, 0.3) is 0 Å². The molecule has 0 radical (unpaired) electrons. The van der Waals surface area contributed by atoms with Gasteiger partial charge < -0.3 is 4.74 Å². The minimum absolute atomic E-state index is 0.0660. The number of cyclic esters (lactones) is 1. The maximum Gasteiger partial charge on any atom is 0.433 e. The second-order valence-electron chi connectivity index (χ2n) is 3.28. The standard InChI is InChI=1S/C9H7F3N2O2S/c10-9(11,12)6-1-3-13-8(14-6)17-5-2-4-16-7(5)15/h1,3,5H,2,4H2/t5-/m1/s1. The normalized spacial score (nSPS) is 20.4. The van der Waals surface area contributed by atoms with E-state index >= 15 is 0 Å². The lowest BCUT2D eigenvalue weighted by atomic mass is 10.4. The minimum Gasteiger partial charge on any atom is -0.465 e. The molecule has 0 aromatic carbocycles. The van der Waals surface area contributed by atoms with E-state index in [0.717, 1.165) is 24.0 Å². The van der Waals surface area contributed by atoms with Gasteiger partial charge in [-0.1, -0.05) is 11.8 Å². The molecule has 1 aromatic rings. The Bertz CT molecular complexity index is 438. The monoisotopic (exact) mass is 264 g/mol.